The molecule has 0 bridgehead atoms. The Labute approximate surface area is 111 Å². The van der Waals surface area contributed by atoms with E-state index in [1.165, 1.54) is 0 Å². The summed E-state index contributed by atoms with van der Waals surface area (Å²) in [5, 5.41) is 2.98. The minimum Gasteiger partial charge on any atom is -0.465 e. The summed E-state index contributed by atoms with van der Waals surface area (Å²) in [4.78, 5) is 13.7. The van der Waals surface area contributed by atoms with E-state index in [9.17, 15) is 4.79 Å². The predicted molar refractivity (Wildman–Crippen MR) is 72.7 cm³/mol. The van der Waals surface area contributed by atoms with Crippen LogP contribution in [0.4, 0.5) is 0 Å². The van der Waals surface area contributed by atoms with Crippen molar-refractivity contribution in [3.05, 3.63) is 0 Å². The van der Waals surface area contributed by atoms with E-state index < -0.39 is 0 Å². The molecule has 0 aliphatic carbocycles. The van der Waals surface area contributed by atoms with Gasteiger partial charge in [0.1, 0.15) is 6.04 Å². The van der Waals surface area contributed by atoms with E-state index in [0.717, 1.165) is 26.1 Å². The number of carbonyl (C=O) groups excluding carboxylic acids is 1. The Bertz CT molecular complexity index is 222. The zero-order valence-corrected chi connectivity index (χ0v) is 12.4. The second-order valence-corrected chi connectivity index (χ2v) is 4.60. The lowest BCUT2D eigenvalue weighted by atomic mass is 10.2. The van der Waals surface area contributed by atoms with Gasteiger partial charge < -0.3 is 19.7 Å². The van der Waals surface area contributed by atoms with Crippen LogP contribution in [0.5, 0.6) is 0 Å². The normalized spacial score (nSPS) is 13.1. The molecule has 0 saturated carbocycles. The molecular weight excluding hydrogens is 232 g/mol. The van der Waals surface area contributed by atoms with Crippen LogP contribution >= 0.6 is 0 Å². The Kier molecular flexibility index (Phi) is 9.92. The first-order valence-electron chi connectivity index (χ1n) is 6.65. The number of ether oxygens (including phenoxy) is 2. The van der Waals surface area contributed by atoms with E-state index in [1.54, 1.807) is 7.05 Å². The maximum atomic E-state index is 11.6. The van der Waals surface area contributed by atoms with Crippen molar-refractivity contribution < 1.29 is 14.3 Å². The molecule has 5 nitrogen and oxygen atoms in total. The third-order valence-corrected chi connectivity index (χ3v) is 2.64. The first kappa shape index (κ1) is 17.4. The minimum atomic E-state index is -0.224. The monoisotopic (exact) mass is 260 g/mol. The van der Waals surface area contributed by atoms with Gasteiger partial charge in [-0.15, -0.1) is 0 Å². The van der Waals surface area contributed by atoms with Crippen LogP contribution in [-0.2, 0) is 14.3 Å². The summed E-state index contributed by atoms with van der Waals surface area (Å²) in [5.41, 5.74) is 0. The topological polar surface area (TPSA) is 50.8 Å². The molecule has 5 heteroatoms. The maximum absolute atomic E-state index is 11.6. The summed E-state index contributed by atoms with van der Waals surface area (Å²) < 4.78 is 10.5. The quantitative estimate of drug-likeness (QED) is 0.591. The molecule has 0 aromatic carbocycles. The van der Waals surface area contributed by atoms with Gasteiger partial charge in [-0.1, -0.05) is 0 Å². The predicted octanol–water partition coefficient (Wildman–Crippen LogP) is 0.884. The van der Waals surface area contributed by atoms with Gasteiger partial charge in [0.25, 0.3) is 0 Å². The largest absolute Gasteiger partial charge is 0.465 e. The molecule has 108 valence electrons. The number of nitrogens with one attached hydrogen (secondary N) is 1. The molecular formula is C13H28N2O3. The molecule has 0 amide bonds. The molecule has 0 aromatic rings. The molecule has 0 aromatic heterocycles. The van der Waals surface area contributed by atoms with E-state index in [0.29, 0.717) is 6.61 Å². The number of hydrogen-bond donors (Lipinski definition) is 1. The Morgan fingerprint density at radius 3 is 2.50 bits per heavy atom. The second kappa shape index (κ2) is 10.3. The van der Waals surface area contributed by atoms with E-state index in [4.69, 9.17) is 9.47 Å². The SMILES string of the molecule is CCOC(=O)C(CCN(C)CCOC(C)C)NC. The zero-order chi connectivity index (χ0) is 14.0. The van der Waals surface area contributed by atoms with E-state index in [2.05, 4.69) is 10.2 Å². The van der Waals surface area contributed by atoms with Crippen molar-refractivity contribution in [2.24, 2.45) is 0 Å². The van der Waals surface area contributed by atoms with Crippen molar-refractivity contribution >= 4 is 5.97 Å². The van der Waals surface area contributed by atoms with Crippen LogP contribution in [0.2, 0.25) is 0 Å². The van der Waals surface area contributed by atoms with Gasteiger partial charge in [-0.25, -0.2) is 0 Å². The molecule has 0 rings (SSSR count). The zero-order valence-electron chi connectivity index (χ0n) is 12.4. The molecule has 1 N–H and O–H groups in total. The van der Waals surface area contributed by atoms with Gasteiger partial charge in [-0.05, 0) is 47.8 Å². The highest BCUT2D eigenvalue weighted by Crippen LogP contribution is 1.98. The van der Waals surface area contributed by atoms with Crippen LogP contribution in [0.25, 0.3) is 0 Å². The molecule has 0 spiro atoms. The number of carbonyl (C=O) groups is 1. The van der Waals surface area contributed by atoms with Gasteiger partial charge in [0, 0.05) is 6.54 Å². The number of esters is 1. The summed E-state index contributed by atoms with van der Waals surface area (Å²) >= 11 is 0. The summed E-state index contributed by atoms with van der Waals surface area (Å²) in [6.07, 6.45) is 1.01. The maximum Gasteiger partial charge on any atom is 0.323 e. The van der Waals surface area contributed by atoms with Gasteiger partial charge in [-0.3, -0.25) is 4.79 Å². The molecule has 0 saturated heterocycles. The summed E-state index contributed by atoms with van der Waals surface area (Å²) in [5.74, 6) is -0.174. The first-order chi connectivity index (χ1) is 8.51. The third kappa shape index (κ3) is 8.44. The molecule has 0 aliphatic heterocycles. The van der Waals surface area contributed by atoms with Gasteiger partial charge in [0.2, 0.25) is 0 Å². The Balaban J connectivity index is 3.79. The van der Waals surface area contributed by atoms with Crippen molar-refractivity contribution in [1.82, 2.24) is 10.2 Å². The minimum absolute atomic E-state index is 0.174. The Hall–Kier alpha value is -0.650. The lowest BCUT2D eigenvalue weighted by molar-refractivity contribution is -0.145. The van der Waals surface area contributed by atoms with E-state index in [1.807, 2.05) is 27.8 Å². The van der Waals surface area contributed by atoms with Gasteiger partial charge in [-0.2, -0.15) is 0 Å². The highest BCUT2D eigenvalue weighted by atomic mass is 16.5. The van der Waals surface area contributed by atoms with Crippen molar-refractivity contribution in [2.75, 3.05) is 40.4 Å². The number of rotatable bonds is 10. The van der Waals surface area contributed by atoms with Crippen LogP contribution in [0.3, 0.4) is 0 Å². The smallest absolute Gasteiger partial charge is 0.323 e. The van der Waals surface area contributed by atoms with Crippen LogP contribution in [-0.4, -0.2) is 63.4 Å². The van der Waals surface area contributed by atoms with Gasteiger partial charge in [0.05, 0.1) is 19.3 Å². The lowest BCUT2D eigenvalue weighted by Gasteiger charge is -2.20. The Morgan fingerprint density at radius 1 is 1.33 bits per heavy atom. The summed E-state index contributed by atoms with van der Waals surface area (Å²) in [6.45, 7) is 8.73. The lowest BCUT2D eigenvalue weighted by Crippen LogP contribution is -2.39. The molecule has 0 heterocycles. The first-order valence-corrected chi connectivity index (χ1v) is 6.65. The fourth-order valence-corrected chi connectivity index (χ4v) is 1.53. The standard InChI is InChI=1S/C13H28N2O3/c1-6-17-13(16)12(14-4)7-8-15(5)9-10-18-11(2)3/h11-12,14H,6-10H2,1-5H3. The van der Waals surface area contributed by atoms with Crippen LogP contribution in [0.15, 0.2) is 0 Å². The average Bonchev–Trinajstić information content (AvgIpc) is 2.29. The van der Waals surface area contributed by atoms with E-state index in [-0.39, 0.29) is 18.1 Å². The van der Waals surface area contributed by atoms with Crippen LogP contribution < -0.4 is 5.32 Å². The fourth-order valence-electron chi connectivity index (χ4n) is 1.53. The number of likely N-dealkylation sites (N-methyl/N-ethyl adjacent to an activating group) is 2. The second-order valence-electron chi connectivity index (χ2n) is 4.60. The molecule has 0 fully saturated rings. The molecule has 0 radical (unpaired) electrons. The number of hydrogen-bond acceptors (Lipinski definition) is 5. The van der Waals surface area contributed by atoms with Crippen molar-refractivity contribution in [2.45, 2.75) is 39.3 Å². The van der Waals surface area contributed by atoms with Crippen molar-refractivity contribution in [3.8, 4) is 0 Å². The van der Waals surface area contributed by atoms with Gasteiger partial charge >= 0.3 is 5.97 Å². The van der Waals surface area contributed by atoms with Crippen LogP contribution in [0.1, 0.15) is 27.2 Å². The molecule has 0 aliphatic rings. The average molecular weight is 260 g/mol. The fraction of sp³-hybridized carbons (Fsp3) is 0.923. The van der Waals surface area contributed by atoms with E-state index >= 15 is 0 Å². The molecule has 1 atom stereocenters. The molecule has 1 unspecified atom stereocenters. The molecule has 18 heavy (non-hydrogen) atoms. The summed E-state index contributed by atoms with van der Waals surface area (Å²) in [7, 11) is 3.81. The van der Waals surface area contributed by atoms with Crippen molar-refractivity contribution in [3.63, 3.8) is 0 Å². The third-order valence-electron chi connectivity index (χ3n) is 2.64. The van der Waals surface area contributed by atoms with Crippen molar-refractivity contribution in [1.29, 1.82) is 0 Å². The highest BCUT2D eigenvalue weighted by Gasteiger charge is 2.17. The van der Waals surface area contributed by atoms with Gasteiger partial charge in [0.15, 0.2) is 0 Å². The Morgan fingerprint density at radius 2 is 2.00 bits per heavy atom. The van der Waals surface area contributed by atoms with Crippen LogP contribution in [0, 0.1) is 0 Å². The highest BCUT2D eigenvalue weighted by molar-refractivity contribution is 5.75. The summed E-state index contributed by atoms with van der Waals surface area (Å²) in [6, 6.07) is -0.224. The number of nitrogens with zero attached hydrogens (tertiary/aromatic N) is 1.